The number of nitrogens with one attached hydrogen (secondary N) is 1. The molecule has 0 radical (unpaired) electrons. The molecule has 250 valence electrons. The summed E-state index contributed by atoms with van der Waals surface area (Å²) in [5, 5.41) is 17.4. The number of piperazine rings is 1. The fourth-order valence-electron chi connectivity index (χ4n) is 6.83. The minimum absolute atomic E-state index is 0.00519. The van der Waals surface area contributed by atoms with Gasteiger partial charge in [-0.2, -0.15) is 15.2 Å². The molecule has 0 bridgehead atoms. The smallest absolute Gasteiger partial charge is 0.325 e. The highest BCUT2D eigenvalue weighted by Crippen LogP contribution is 2.39. The first kappa shape index (κ1) is 33.1. The van der Waals surface area contributed by atoms with Gasteiger partial charge in [-0.1, -0.05) is 30.3 Å². The van der Waals surface area contributed by atoms with Gasteiger partial charge in [-0.05, 0) is 44.0 Å². The molecule has 48 heavy (non-hydrogen) atoms. The zero-order valence-corrected chi connectivity index (χ0v) is 27.4. The lowest BCUT2D eigenvalue weighted by Gasteiger charge is -2.42. The van der Waals surface area contributed by atoms with E-state index in [1.54, 1.807) is 0 Å². The Morgan fingerprint density at radius 1 is 1.23 bits per heavy atom. The van der Waals surface area contributed by atoms with Crippen LogP contribution in [0.1, 0.15) is 40.7 Å². The predicted octanol–water partition coefficient (Wildman–Crippen LogP) is 5.00. The number of carbonyl (C=O) groups excluding carboxylic acids is 1. The summed E-state index contributed by atoms with van der Waals surface area (Å²) in [6.07, 6.45) is 3.19. The van der Waals surface area contributed by atoms with E-state index >= 15 is 0 Å². The molecule has 14 heteroatoms. The molecule has 11 nitrogen and oxygen atoms in total. The highest BCUT2D eigenvalue weighted by Gasteiger charge is 2.35. The number of hydrogen-bond donors (Lipinski definition) is 2. The first-order valence-electron chi connectivity index (χ1n) is 15.8. The number of fused-ring (bicyclic) bond motifs is 2. The van der Waals surface area contributed by atoms with Crippen molar-refractivity contribution < 1.29 is 18.3 Å². The number of likely N-dealkylation sites (N-methyl/N-ethyl adjacent to an activating group) is 1. The number of nitrogen functional groups attached to an aromatic ring is 1. The van der Waals surface area contributed by atoms with E-state index in [4.69, 9.17) is 37.4 Å². The van der Waals surface area contributed by atoms with Crippen LogP contribution >= 0.6 is 11.6 Å². The molecule has 3 aliphatic heterocycles. The average molecular weight is 676 g/mol. The van der Waals surface area contributed by atoms with Gasteiger partial charge in [0.25, 0.3) is 5.91 Å². The minimum Gasteiger partial charge on any atom is -0.424 e. The van der Waals surface area contributed by atoms with Gasteiger partial charge in [-0.3, -0.25) is 4.79 Å². The number of nitrogens with two attached hydrogens (primary N) is 1. The first-order valence-corrected chi connectivity index (χ1v) is 16.1. The number of nitriles is 1. The Hall–Kier alpha value is -4.80. The number of hydrogen-bond acceptors (Lipinski definition) is 10. The van der Waals surface area contributed by atoms with Crippen LogP contribution in [0.25, 0.3) is 0 Å². The Bertz CT molecular complexity index is 1830. The second-order valence-corrected chi connectivity index (χ2v) is 12.7. The van der Waals surface area contributed by atoms with Crippen molar-refractivity contribution in [2.24, 2.45) is 0 Å². The van der Waals surface area contributed by atoms with Crippen molar-refractivity contribution in [1.29, 1.82) is 10.7 Å². The summed E-state index contributed by atoms with van der Waals surface area (Å²) in [5.41, 5.74) is 9.95. The van der Waals surface area contributed by atoms with Gasteiger partial charge in [0.2, 0.25) is 0 Å². The number of aromatic nitrogens is 2. The zero-order chi connectivity index (χ0) is 34.1. The Balaban J connectivity index is 1.43. The molecule has 1 atom stereocenters. The van der Waals surface area contributed by atoms with Crippen LogP contribution in [0.4, 0.5) is 26.1 Å². The SMILES string of the molecule is C=C(F)C(=O)N1CCN(c2nc(Oc3cccc4c3CCN(C)C4)nc3c2CCCN3Cc2c(Cl)c(F)cc(N)c2C=N)C[C@@H]1CC#N. The number of benzene rings is 2. The zero-order valence-electron chi connectivity index (χ0n) is 26.6. The summed E-state index contributed by atoms with van der Waals surface area (Å²) < 4.78 is 35.2. The van der Waals surface area contributed by atoms with Crippen molar-refractivity contribution in [3.8, 4) is 17.8 Å². The topological polar surface area (TPSA) is 139 Å². The summed E-state index contributed by atoms with van der Waals surface area (Å²) in [4.78, 5) is 30.0. The predicted molar refractivity (Wildman–Crippen MR) is 180 cm³/mol. The second-order valence-electron chi connectivity index (χ2n) is 12.3. The number of carbonyl (C=O) groups is 1. The van der Waals surface area contributed by atoms with E-state index in [1.807, 2.05) is 21.9 Å². The molecule has 1 fully saturated rings. The Labute approximate surface area is 282 Å². The maximum absolute atomic E-state index is 14.8. The Morgan fingerprint density at radius 3 is 2.77 bits per heavy atom. The van der Waals surface area contributed by atoms with E-state index < -0.39 is 23.6 Å². The quantitative estimate of drug-likeness (QED) is 0.192. The number of amides is 1. The van der Waals surface area contributed by atoms with Gasteiger partial charge >= 0.3 is 6.01 Å². The van der Waals surface area contributed by atoms with Crippen molar-refractivity contribution in [2.75, 3.05) is 55.3 Å². The van der Waals surface area contributed by atoms with Crippen LogP contribution in [0.15, 0.2) is 36.7 Å². The molecule has 6 rings (SSSR count). The number of halogens is 3. The Kier molecular flexibility index (Phi) is 9.48. The van der Waals surface area contributed by atoms with E-state index in [-0.39, 0.29) is 42.8 Å². The van der Waals surface area contributed by atoms with Crippen LogP contribution in [-0.2, 0) is 30.7 Å². The lowest BCUT2D eigenvalue weighted by Crippen LogP contribution is -2.55. The third-order valence-corrected chi connectivity index (χ3v) is 9.61. The molecular formula is C34H36ClF2N9O2. The van der Waals surface area contributed by atoms with Gasteiger partial charge in [-0.25, -0.2) is 8.78 Å². The average Bonchev–Trinajstić information content (AvgIpc) is 3.07. The van der Waals surface area contributed by atoms with Gasteiger partial charge in [0.1, 0.15) is 23.2 Å². The van der Waals surface area contributed by atoms with E-state index in [9.17, 15) is 18.8 Å². The minimum atomic E-state index is -1.07. The number of anilines is 3. The fraction of sp³-hybridized carbons (Fsp3) is 0.382. The van der Waals surface area contributed by atoms with Gasteiger partial charge in [-0.15, -0.1) is 0 Å². The number of ether oxygens (including phenoxy) is 1. The van der Waals surface area contributed by atoms with Crippen molar-refractivity contribution in [3.63, 3.8) is 0 Å². The van der Waals surface area contributed by atoms with Crippen LogP contribution in [-0.4, -0.2) is 77.7 Å². The van der Waals surface area contributed by atoms with E-state index in [0.29, 0.717) is 54.4 Å². The normalized spacial score (nSPS) is 17.7. The fourth-order valence-corrected chi connectivity index (χ4v) is 7.05. The van der Waals surface area contributed by atoms with Gasteiger partial charge in [0.05, 0.1) is 23.6 Å². The maximum Gasteiger partial charge on any atom is 0.325 e. The van der Waals surface area contributed by atoms with Crippen LogP contribution in [0.2, 0.25) is 5.02 Å². The molecule has 3 aliphatic rings. The van der Waals surface area contributed by atoms with Gasteiger partial charge in [0.15, 0.2) is 5.83 Å². The molecule has 3 aromatic rings. The van der Waals surface area contributed by atoms with Crippen LogP contribution in [0.5, 0.6) is 11.8 Å². The number of rotatable bonds is 8. The number of nitrogens with zero attached hydrogens (tertiary/aromatic N) is 7. The molecular weight excluding hydrogens is 640 g/mol. The van der Waals surface area contributed by atoms with E-state index in [0.717, 1.165) is 48.5 Å². The largest absolute Gasteiger partial charge is 0.424 e. The third kappa shape index (κ3) is 6.37. The summed E-state index contributed by atoms with van der Waals surface area (Å²) >= 11 is 6.45. The van der Waals surface area contributed by atoms with Crippen molar-refractivity contribution >= 4 is 41.0 Å². The summed E-state index contributed by atoms with van der Waals surface area (Å²) in [7, 11) is 2.07. The maximum atomic E-state index is 14.8. The highest BCUT2D eigenvalue weighted by molar-refractivity contribution is 6.32. The van der Waals surface area contributed by atoms with Gasteiger partial charge in [0, 0.05) is 80.0 Å². The molecule has 2 aromatic carbocycles. The van der Waals surface area contributed by atoms with E-state index in [2.05, 4.69) is 30.7 Å². The first-order chi connectivity index (χ1) is 23.1. The summed E-state index contributed by atoms with van der Waals surface area (Å²) in [6.45, 7) is 6.21. The van der Waals surface area contributed by atoms with Crippen molar-refractivity contribution in [1.82, 2.24) is 19.8 Å². The molecule has 0 spiro atoms. The standard InChI is InChI=1S/C34H36ClF2N9O2/c1-20(36)33(47)46-14-13-45(18-22(46)8-10-38)32-24-6-4-11-44(19-26-25(16-39)28(40)15-27(37)30(26)35)31(24)41-34(42-32)48-29-7-3-5-21-17-43(2)12-9-23(21)29/h3,5,7,15-16,22,39H,1,4,6,8-9,11-14,17-19,40H2,2H3/t22-/m0/s1. The molecule has 0 saturated carbocycles. The van der Waals surface area contributed by atoms with Crippen LogP contribution in [0, 0.1) is 22.6 Å². The van der Waals surface area contributed by atoms with Crippen molar-refractivity contribution in [3.05, 3.63) is 75.3 Å². The van der Waals surface area contributed by atoms with Gasteiger partial charge < -0.3 is 35.5 Å². The molecule has 0 aliphatic carbocycles. The lowest BCUT2D eigenvalue weighted by molar-refractivity contribution is -0.131. The van der Waals surface area contributed by atoms with E-state index in [1.165, 1.54) is 4.90 Å². The third-order valence-electron chi connectivity index (χ3n) is 9.20. The molecule has 1 aromatic heterocycles. The summed E-state index contributed by atoms with van der Waals surface area (Å²) in [5.74, 6) is -0.785. The molecule has 1 amide bonds. The molecule has 0 unspecified atom stereocenters. The monoisotopic (exact) mass is 675 g/mol. The lowest BCUT2D eigenvalue weighted by atomic mass is 9.99. The van der Waals surface area contributed by atoms with Crippen molar-refractivity contribution in [2.45, 2.75) is 44.8 Å². The molecule has 3 N–H and O–H groups in total. The van der Waals surface area contributed by atoms with Crippen LogP contribution in [0.3, 0.4) is 0 Å². The molecule has 1 saturated heterocycles. The highest BCUT2D eigenvalue weighted by atomic mass is 35.5. The van der Waals surface area contributed by atoms with Crippen LogP contribution < -0.4 is 20.3 Å². The second kappa shape index (κ2) is 13.7. The Morgan fingerprint density at radius 2 is 2.02 bits per heavy atom. The summed E-state index contributed by atoms with van der Waals surface area (Å²) in [6, 6.07) is 8.65. The molecule has 4 heterocycles.